The van der Waals surface area contributed by atoms with Crippen LogP contribution in [0.25, 0.3) is 0 Å². The Bertz CT molecular complexity index is 1100. The molecule has 172 valence electrons. The third-order valence-electron chi connectivity index (χ3n) is 5.13. The van der Waals surface area contributed by atoms with Gasteiger partial charge in [-0.1, -0.05) is 32.0 Å². The first-order valence-electron chi connectivity index (χ1n) is 10.3. The normalized spacial score (nSPS) is 15.6. The second-order valence-corrected chi connectivity index (χ2v) is 9.04. The van der Waals surface area contributed by atoms with Crippen LogP contribution in [0.3, 0.4) is 0 Å². The minimum atomic E-state index is -3.89. The Labute approximate surface area is 186 Å². The van der Waals surface area contributed by atoms with Crippen molar-refractivity contribution in [2.45, 2.75) is 31.2 Å². The van der Waals surface area contributed by atoms with Gasteiger partial charge in [0.1, 0.15) is 11.6 Å². The summed E-state index contributed by atoms with van der Waals surface area (Å²) in [6.45, 7) is 3.60. The lowest BCUT2D eigenvalue weighted by Gasteiger charge is -2.26. The number of amides is 1. The molecule has 0 aliphatic carbocycles. The van der Waals surface area contributed by atoms with Crippen LogP contribution < -0.4 is 10.1 Å². The van der Waals surface area contributed by atoms with Crippen molar-refractivity contribution in [2.24, 2.45) is 0 Å². The van der Waals surface area contributed by atoms with E-state index in [0.717, 1.165) is 23.8 Å². The smallest absolute Gasteiger partial charge is 0.341 e. The summed E-state index contributed by atoms with van der Waals surface area (Å²) in [5.74, 6) is -1.95. The zero-order valence-electron chi connectivity index (χ0n) is 17.8. The van der Waals surface area contributed by atoms with Crippen LogP contribution in [0.1, 0.15) is 42.2 Å². The lowest BCUT2D eigenvalue weighted by molar-refractivity contribution is -0.125. The fourth-order valence-corrected chi connectivity index (χ4v) is 4.96. The molecule has 0 saturated carbocycles. The van der Waals surface area contributed by atoms with E-state index >= 15 is 0 Å². The van der Waals surface area contributed by atoms with Gasteiger partial charge in [0.2, 0.25) is 10.0 Å². The molecule has 1 amide bonds. The van der Waals surface area contributed by atoms with E-state index < -0.39 is 39.9 Å². The number of ether oxygens (including phenoxy) is 2. The highest BCUT2D eigenvalue weighted by Gasteiger charge is 2.26. The summed E-state index contributed by atoms with van der Waals surface area (Å²) in [5, 5.41) is 2.77. The molecule has 0 fully saturated rings. The maximum atomic E-state index is 14.2. The molecule has 0 bridgehead atoms. The maximum Gasteiger partial charge on any atom is 0.341 e. The fraction of sp³-hybridized carbons (Fsp3) is 0.364. The molecular weight excluding hydrogens is 439 g/mol. The van der Waals surface area contributed by atoms with Crippen LogP contribution in [-0.2, 0) is 19.6 Å². The number of carbonyl (C=O) groups is 2. The monoisotopic (exact) mass is 464 g/mol. The average Bonchev–Trinajstić information content (AvgIpc) is 2.78. The highest BCUT2D eigenvalue weighted by atomic mass is 32.2. The van der Waals surface area contributed by atoms with Crippen molar-refractivity contribution >= 4 is 21.9 Å². The van der Waals surface area contributed by atoms with E-state index in [-0.39, 0.29) is 24.0 Å². The van der Waals surface area contributed by atoms with E-state index in [4.69, 9.17) is 9.47 Å². The number of para-hydroxylation sites is 1. The Morgan fingerprint density at radius 2 is 1.91 bits per heavy atom. The van der Waals surface area contributed by atoms with E-state index in [1.807, 2.05) is 18.2 Å². The number of fused-ring (bicyclic) bond motifs is 1. The number of hydrogen-bond acceptors (Lipinski definition) is 6. The van der Waals surface area contributed by atoms with Crippen LogP contribution in [0.15, 0.2) is 47.4 Å². The van der Waals surface area contributed by atoms with Crippen LogP contribution in [0.2, 0.25) is 0 Å². The summed E-state index contributed by atoms with van der Waals surface area (Å²) in [4.78, 5) is 24.5. The molecule has 32 heavy (non-hydrogen) atoms. The molecule has 0 saturated heterocycles. The molecular formula is C22H25FN2O6S. The number of esters is 1. The van der Waals surface area contributed by atoms with Crippen LogP contribution in [-0.4, -0.2) is 50.9 Å². The Hall–Kier alpha value is -2.98. The lowest BCUT2D eigenvalue weighted by Crippen LogP contribution is -2.35. The predicted octanol–water partition coefficient (Wildman–Crippen LogP) is 2.65. The molecule has 1 heterocycles. The van der Waals surface area contributed by atoms with Gasteiger partial charge in [-0.15, -0.1) is 0 Å². The number of carbonyl (C=O) groups excluding carboxylic acids is 2. The van der Waals surface area contributed by atoms with Crippen molar-refractivity contribution < 1.29 is 31.9 Å². The molecule has 1 aliphatic rings. The van der Waals surface area contributed by atoms with Crippen molar-refractivity contribution in [3.05, 3.63) is 59.4 Å². The zero-order chi connectivity index (χ0) is 23.3. The van der Waals surface area contributed by atoms with E-state index in [0.29, 0.717) is 18.8 Å². The minimum Gasteiger partial charge on any atom is -0.493 e. The van der Waals surface area contributed by atoms with Gasteiger partial charge in [-0.25, -0.2) is 17.6 Å². The summed E-state index contributed by atoms with van der Waals surface area (Å²) in [6.07, 6.45) is 0.552. The van der Waals surface area contributed by atoms with Crippen molar-refractivity contribution in [3.8, 4) is 5.75 Å². The molecule has 3 rings (SSSR count). The van der Waals surface area contributed by atoms with Gasteiger partial charge >= 0.3 is 5.97 Å². The zero-order valence-corrected chi connectivity index (χ0v) is 18.7. The molecule has 0 spiro atoms. The lowest BCUT2D eigenvalue weighted by atomic mass is 10.0. The van der Waals surface area contributed by atoms with Crippen LogP contribution >= 0.6 is 0 Å². The number of nitrogens with zero attached hydrogens (tertiary/aromatic N) is 1. The number of halogens is 1. The fourth-order valence-electron chi connectivity index (χ4n) is 3.47. The highest BCUT2D eigenvalue weighted by Crippen LogP contribution is 2.31. The minimum absolute atomic E-state index is 0.224. The van der Waals surface area contributed by atoms with Gasteiger partial charge in [0.25, 0.3) is 5.91 Å². The first-order valence-corrected chi connectivity index (χ1v) is 11.7. The van der Waals surface area contributed by atoms with Crippen molar-refractivity contribution in [1.29, 1.82) is 0 Å². The van der Waals surface area contributed by atoms with Gasteiger partial charge in [0.05, 0.1) is 23.1 Å². The van der Waals surface area contributed by atoms with Gasteiger partial charge in [0, 0.05) is 25.1 Å². The largest absolute Gasteiger partial charge is 0.493 e. The molecule has 2 aromatic rings. The Kier molecular flexibility index (Phi) is 7.47. The van der Waals surface area contributed by atoms with E-state index in [1.165, 1.54) is 4.31 Å². The standard InChI is InChI=1S/C22H25FN2O6S/c1-3-25(4-2)32(28,29)15-9-10-18(23)17(13-15)22(27)31-14-21(26)24-19-11-12-30-20-8-6-5-7-16(19)20/h5-10,13,19H,3-4,11-12,14H2,1-2H3,(H,24,26). The predicted molar refractivity (Wildman–Crippen MR) is 114 cm³/mol. The Balaban J connectivity index is 1.67. The molecule has 10 heteroatoms. The molecule has 1 N–H and O–H groups in total. The molecule has 1 aliphatic heterocycles. The molecule has 2 aromatic carbocycles. The van der Waals surface area contributed by atoms with Crippen LogP contribution in [0, 0.1) is 5.82 Å². The van der Waals surface area contributed by atoms with Gasteiger partial charge in [-0.2, -0.15) is 4.31 Å². The van der Waals surface area contributed by atoms with Gasteiger partial charge in [0.15, 0.2) is 6.61 Å². The van der Waals surface area contributed by atoms with Crippen molar-refractivity contribution in [2.75, 3.05) is 26.3 Å². The summed E-state index contributed by atoms with van der Waals surface area (Å²) in [5.41, 5.74) is 0.265. The number of benzene rings is 2. The van der Waals surface area contributed by atoms with E-state index in [2.05, 4.69) is 5.32 Å². The average molecular weight is 465 g/mol. The number of rotatable bonds is 8. The summed E-state index contributed by atoms with van der Waals surface area (Å²) >= 11 is 0. The van der Waals surface area contributed by atoms with Gasteiger partial charge in [-0.3, -0.25) is 4.79 Å². The van der Waals surface area contributed by atoms with E-state index in [1.54, 1.807) is 19.9 Å². The van der Waals surface area contributed by atoms with Gasteiger partial charge < -0.3 is 14.8 Å². The van der Waals surface area contributed by atoms with Crippen molar-refractivity contribution in [1.82, 2.24) is 9.62 Å². The SMILES string of the molecule is CCN(CC)S(=O)(=O)c1ccc(F)c(C(=O)OCC(=O)NC2CCOc3ccccc32)c1. The van der Waals surface area contributed by atoms with E-state index in [9.17, 15) is 22.4 Å². The topological polar surface area (TPSA) is 102 Å². The quantitative estimate of drug-likeness (QED) is 0.603. The van der Waals surface area contributed by atoms with Crippen LogP contribution in [0.5, 0.6) is 5.75 Å². The van der Waals surface area contributed by atoms with Crippen molar-refractivity contribution in [3.63, 3.8) is 0 Å². The Morgan fingerprint density at radius 3 is 2.62 bits per heavy atom. The Morgan fingerprint density at radius 1 is 1.19 bits per heavy atom. The van der Waals surface area contributed by atoms with Crippen LogP contribution in [0.4, 0.5) is 4.39 Å². The first-order chi connectivity index (χ1) is 15.3. The second-order valence-electron chi connectivity index (χ2n) is 7.10. The summed E-state index contributed by atoms with van der Waals surface area (Å²) < 4.78 is 51.2. The molecule has 8 nitrogen and oxygen atoms in total. The number of nitrogens with one attached hydrogen (secondary N) is 1. The summed E-state index contributed by atoms with van der Waals surface area (Å²) in [6, 6.07) is 9.91. The molecule has 0 aromatic heterocycles. The molecule has 1 unspecified atom stereocenters. The highest BCUT2D eigenvalue weighted by molar-refractivity contribution is 7.89. The first kappa shape index (κ1) is 23.7. The maximum absolute atomic E-state index is 14.2. The third kappa shape index (κ3) is 5.08. The molecule has 1 atom stereocenters. The summed E-state index contributed by atoms with van der Waals surface area (Å²) in [7, 11) is -3.89. The third-order valence-corrected chi connectivity index (χ3v) is 7.17. The second kappa shape index (κ2) is 10.1. The number of hydrogen-bond donors (Lipinski definition) is 1. The van der Waals surface area contributed by atoms with Gasteiger partial charge in [-0.05, 0) is 24.3 Å². The number of sulfonamides is 1. The molecule has 0 radical (unpaired) electrons.